The first kappa shape index (κ1) is 18.7. The number of urea groups is 1. The summed E-state index contributed by atoms with van der Waals surface area (Å²) in [5.41, 5.74) is 0. The van der Waals surface area contributed by atoms with Crippen molar-refractivity contribution in [2.45, 2.75) is 65.2 Å². The Morgan fingerprint density at radius 2 is 1.50 bits per heavy atom. The lowest BCUT2D eigenvalue weighted by atomic mass is 10.1. The van der Waals surface area contributed by atoms with E-state index in [1.54, 1.807) is 6.92 Å². The van der Waals surface area contributed by atoms with Crippen molar-refractivity contribution in [3.63, 3.8) is 0 Å². The molecule has 0 aromatic rings. The first-order chi connectivity index (χ1) is 9.61. The van der Waals surface area contributed by atoms with Crippen LogP contribution in [0.1, 0.15) is 65.2 Å². The fraction of sp³-hybridized carbons (Fsp3) is 0.867. The van der Waals surface area contributed by atoms with Gasteiger partial charge in [0.05, 0.1) is 0 Å². The smallest absolute Gasteiger partial charge is 0.323 e. The Balaban J connectivity index is 3.49. The van der Waals surface area contributed by atoms with E-state index in [1.165, 1.54) is 43.4 Å². The van der Waals surface area contributed by atoms with Gasteiger partial charge in [-0.1, -0.05) is 51.9 Å². The molecule has 0 radical (unpaired) electrons. The van der Waals surface area contributed by atoms with Crippen molar-refractivity contribution in [1.82, 2.24) is 10.2 Å². The van der Waals surface area contributed by atoms with E-state index in [0.717, 1.165) is 12.8 Å². The largest absolute Gasteiger partial charge is 0.480 e. The van der Waals surface area contributed by atoms with Crippen LogP contribution in [0.25, 0.3) is 0 Å². The third kappa shape index (κ3) is 10.6. The van der Waals surface area contributed by atoms with Gasteiger partial charge in [0, 0.05) is 13.1 Å². The monoisotopic (exact) mass is 286 g/mol. The number of aliphatic carboxylic acids is 1. The van der Waals surface area contributed by atoms with Crippen LogP contribution >= 0.6 is 0 Å². The Morgan fingerprint density at radius 3 is 2.00 bits per heavy atom. The van der Waals surface area contributed by atoms with Gasteiger partial charge in [0.25, 0.3) is 0 Å². The summed E-state index contributed by atoms with van der Waals surface area (Å²) in [6.45, 7) is 4.80. The van der Waals surface area contributed by atoms with E-state index < -0.39 is 5.97 Å². The molecule has 20 heavy (non-hydrogen) atoms. The highest BCUT2D eigenvalue weighted by molar-refractivity contribution is 5.79. The number of nitrogens with one attached hydrogen (secondary N) is 1. The van der Waals surface area contributed by atoms with Gasteiger partial charge in [0.2, 0.25) is 0 Å². The van der Waals surface area contributed by atoms with Crippen molar-refractivity contribution < 1.29 is 14.7 Å². The van der Waals surface area contributed by atoms with E-state index >= 15 is 0 Å². The molecule has 0 saturated carbocycles. The molecule has 0 aliphatic carbocycles. The van der Waals surface area contributed by atoms with Crippen molar-refractivity contribution in [1.29, 1.82) is 0 Å². The number of hydrogen-bond donors (Lipinski definition) is 2. The fourth-order valence-electron chi connectivity index (χ4n) is 2.06. The highest BCUT2D eigenvalue weighted by Gasteiger charge is 2.13. The van der Waals surface area contributed by atoms with Crippen molar-refractivity contribution >= 4 is 12.0 Å². The predicted molar refractivity (Wildman–Crippen MR) is 80.9 cm³/mol. The van der Waals surface area contributed by atoms with E-state index in [9.17, 15) is 9.59 Å². The summed E-state index contributed by atoms with van der Waals surface area (Å²) >= 11 is 0. The Bertz CT molecular complexity index is 270. The second-order valence-corrected chi connectivity index (χ2v) is 5.11. The molecule has 0 saturated heterocycles. The normalized spacial score (nSPS) is 10.3. The number of likely N-dealkylation sites (N-methyl/N-ethyl adjacent to an activating group) is 1. The van der Waals surface area contributed by atoms with Gasteiger partial charge in [0.15, 0.2) is 0 Å². The van der Waals surface area contributed by atoms with Gasteiger partial charge in [-0.25, -0.2) is 4.79 Å². The minimum absolute atomic E-state index is 0.236. The molecule has 0 aliphatic heterocycles. The maximum absolute atomic E-state index is 11.7. The van der Waals surface area contributed by atoms with Gasteiger partial charge in [-0.3, -0.25) is 4.79 Å². The Kier molecular flexibility index (Phi) is 12.0. The van der Waals surface area contributed by atoms with Crippen LogP contribution in [0.2, 0.25) is 0 Å². The van der Waals surface area contributed by atoms with Crippen molar-refractivity contribution in [3.8, 4) is 0 Å². The van der Waals surface area contributed by atoms with Crippen LogP contribution < -0.4 is 5.32 Å². The van der Waals surface area contributed by atoms with Crippen LogP contribution in [0.3, 0.4) is 0 Å². The second kappa shape index (κ2) is 12.8. The summed E-state index contributed by atoms with van der Waals surface area (Å²) in [7, 11) is 0. The quantitative estimate of drug-likeness (QED) is 0.541. The number of carboxylic acid groups (broad SMARTS) is 1. The number of rotatable bonds is 12. The topological polar surface area (TPSA) is 69.6 Å². The highest BCUT2D eigenvalue weighted by atomic mass is 16.4. The van der Waals surface area contributed by atoms with Crippen LogP contribution in [0.5, 0.6) is 0 Å². The first-order valence-electron chi connectivity index (χ1n) is 7.86. The lowest BCUT2D eigenvalue weighted by molar-refractivity contribution is -0.137. The maximum Gasteiger partial charge on any atom is 0.323 e. The molecule has 0 spiro atoms. The molecule has 0 atom stereocenters. The summed E-state index contributed by atoms with van der Waals surface area (Å²) in [4.78, 5) is 23.5. The molecule has 0 fully saturated rings. The van der Waals surface area contributed by atoms with Gasteiger partial charge >= 0.3 is 12.0 Å². The number of carboxylic acids is 1. The van der Waals surface area contributed by atoms with Crippen LogP contribution in [-0.2, 0) is 4.79 Å². The summed E-state index contributed by atoms with van der Waals surface area (Å²) in [6.07, 6.45) is 9.81. The van der Waals surface area contributed by atoms with Crippen LogP contribution in [0, 0.1) is 0 Å². The molecule has 0 heterocycles. The molecule has 0 aromatic heterocycles. The average molecular weight is 286 g/mol. The van der Waals surface area contributed by atoms with E-state index in [4.69, 9.17) is 5.11 Å². The predicted octanol–water partition coefficient (Wildman–Crippen LogP) is 3.24. The zero-order valence-corrected chi connectivity index (χ0v) is 13.0. The lowest BCUT2D eigenvalue weighted by Gasteiger charge is -2.19. The Morgan fingerprint density at radius 1 is 0.950 bits per heavy atom. The van der Waals surface area contributed by atoms with Crippen molar-refractivity contribution in [2.24, 2.45) is 0 Å². The second-order valence-electron chi connectivity index (χ2n) is 5.11. The lowest BCUT2D eigenvalue weighted by Crippen LogP contribution is -2.42. The zero-order valence-electron chi connectivity index (χ0n) is 13.0. The fourth-order valence-corrected chi connectivity index (χ4v) is 2.06. The summed E-state index contributed by atoms with van der Waals surface area (Å²) in [6, 6.07) is -0.280. The molecule has 2 amide bonds. The molecule has 0 aliphatic rings. The third-order valence-corrected chi connectivity index (χ3v) is 3.30. The standard InChI is InChI=1S/C15H30N2O3/c1-3-5-6-7-8-9-10-11-12-16-15(20)17(4-2)13-14(18)19/h3-13H2,1-2H3,(H,16,20)(H,18,19). The van der Waals surface area contributed by atoms with E-state index in [-0.39, 0.29) is 12.6 Å². The van der Waals surface area contributed by atoms with E-state index in [2.05, 4.69) is 12.2 Å². The molecule has 5 heteroatoms. The minimum Gasteiger partial charge on any atom is -0.480 e. The van der Waals surface area contributed by atoms with E-state index in [1.807, 2.05) is 0 Å². The first-order valence-corrected chi connectivity index (χ1v) is 7.86. The number of carbonyl (C=O) groups is 2. The SMILES string of the molecule is CCCCCCCCCCNC(=O)N(CC)CC(=O)O. The van der Waals surface area contributed by atoms with Crippen LogP contribution in [-0.4, -0.2) is 41.6 Å². The molecular weight excluding hydrogens is 256 g/mol. The van der Waals surface area contributed by atoms with Gasteiger partial charge in [-0.15, -0.1) is 0 Å². The van der Waals surface area contributed by atoms with Crippen molar-refractivity contribution in [2.75, 3.05) is 19.6 Å². The minimum atomic E-state index is -0.978. The Hall–Kier alpha value is -1.26. The molecule has 2 N–H and O–H groups in total. The summed E-state index contributed by atoms with van der Waals surface area (Å²) in [5, 5.41) is 11.4. The van der Waals surface area contributed by atoms with Crippen LogP contribution in [0.4, 0.5) is 4.79 Å². The van der Waals surface area contributed by atoms with Crippen LogP contribution in [0.15, 0.2) is 0 Å². The molecule has 0 aromatic carbocycles. The van der Waals surface area contributed by atoms with Gasteiger partial charge < -0.3 is 15.3 Å². The van der Waals surface area contributed by atoms with Gasteiger partial charge in [0.1, 0.15) is 6.54 Å². The molecular formula is C15H30N2O3. The molecule has 0 rings (SSSR count). The number of nitrogens with zero attached hydrogens (tertiary/aromatic N) is 1. The third-order valence-electron chi connectivity index (χ3n) is 3.30. The average Bonchev–Trinajstić information content (AvgIpc) is 2.42. The number of unbranched alkanes of at least 4 members (excludes halogenated alkanes) is 7. The number of hydrogen-bond acceptors (Lipinski definition) is 2. The highest BCUT2D eigenvalue weighted by Crippen LogP contribution is 2.07. The number of carbonyl (C=O) groups excluding carboxylic acids is 1. The number of amides is 2. The summed E-state index contributed by atoms with van der Waals surface area (Å²) < 4.78 is 0. The van der Waals surface area contributed by atoms with Gasteiger partial charge in [-0.05, 0) is 13.3 Å². The van der Waals surface area contributed by atoms with Crippen molar-refractivity contribution in [3.05, 3.63) is 0 Å². The maximum atomic E-state index is 11.7. The molecule has 5 nitrogen and oxygen atoms in total. The molecule has 0 bridgehead atoms. The molecule has 0 unspecified atom stereocenters. The zero-order chi connectivity index (χ0) is 15.2. The summed E-state index contributed by atoms with van der Waals surface area (Å²) in [5.74, 6) is -0.978. The Labute approximate surface area is 122 Å². The molecule has 118 valence electrons. The van der Waals surface area contributed by atoms with E-state index in [0.29, 0.717) is 13.1 Å². The van der Waals surface area contributed by atoms with Gasteiger partial charge in [-0.2, -0.15) is 0 Å².